The maximum atomic E-state index is 12.4. The number of hydrogen-bond donors (Lipinski definition) is 2. The molecule has 0 atom stereocenters. The van der Waals surface area contributed by atoms with E-state index in [1.807, 2.05) is 18.2 Å². The zero-order valence-electron chi connectivity index (χ0n) is 14.2. The summed E-state index contributed by atoms with van der Waals surface area (Å²) < 4.78 is 10.7. The molecule has 1 aliphatic heterocycles. The number of nitrogens with zero attached hydrogens (tertiary/aromatic N) is 1. The van der Waals surface area contributed by atoms with Crippen molar-refractivity contribution >= 4 is 29.0 Å². The second kappa shape index (κ2) is 7.55. The zero-order valence-corrected chi connectivity index (χ0v) is 15.0. The SMILES string of the molecule is O=C(Nc1ccc(Cl)cc1)c1ccnc(NCc2ccc3c(c2)OCO3)c1. The Hall–Kier alpha value is -3.25. The number of carbonyl (C=O) groups excluding carboxylic acids is 1. The molecular weight excluding hydrogens is 366 g/mol. The predicted molar refractivity (Wildman–Crippen MR) is 104 cm³/mol. The molecule has 136 valence electrons. The highest BCUT2D eigenvalue weighted by Gasteiger charge is 2.13. The molecule has 0 aliphatic carbocycles. The van der Waals surface area contributed by atoms with Crippen LogP contribution in [0.15, 0.2) is 60.8 Å². The minimum absolute atomic E-state index is 0.217. The smallest absolute Gasteiger partial charge is 0.255 e. The molecular formula is C20H16ClN3O3. The van der Waals surface area contributed by atoms with Gasteiger partial charge in [-0.1, -0.05) is 17.7 Å². The van der Waals surface area contributed by atoms with E-state index in [-0.39, 0.29) is 12.7 Å². The summed E-state index contributed by atoms with van der Waals surface area (Å²) in [6, 6.07) is 16.1. The van der Waals surface area contributed by atoms with Gasteiger partial charge in [0.2, 0.25) is 6.79 Å². The first-order valence-electron chi connectivity index (χ1n) is 8.33. The lowest BCUT2D eigenvalue weighted by molar-refractivity contribution is 0.102. The van der Waals surface area contributed by atoms with Crippen LogP contribution in [0.4, 0.5) is 11.5 Å². The van der Waals surface area contributed by atoms with Gasteiger partial charge in [0, 0.05) is 29.0 Å². The van der Waals surface area contributed by atoms with Gasteiger partial charge in [-0.2, -0.15) is 0 Å². The summed E-state index contributed by atoms with van der Waals surface area (Å²) >= 11 is 5.86. The predicted octanol–water partition coefficient (Wildman–Crippen LogP) is 4.33. The molecule has 7 heteroatoms. The number of hydrogen-bond acceptors (Lipinski definition) is 5. The average Bonchev–Trinajstić information content (AvgIpc) is 3.16. The number of anilines is 2. The Morgan fingerprint density at radius 1 is 1.04 bits per heavy atom. The summed E-state index contributed by atoms with van der Waals surface area (Å²) in [6.45, 7) is 0.796. The molecule has 3 aromatic rings. The average molecular weight is 382 g/mol. The lowest BCUT2D eigenvalue weighted by Gasteiger charge is -2.09. The second-order valence-corrected chi connectivity index (χ2v) is 6.37. The summed E-state index contributed by atoms with van der Waals surface area (Å²) in [5.41, 5.74) is 2.21. The Morgan fingerprint density at radius 3 is 2.70 bits per heavy atom. The van der Waals surface area contributed by atoms with Gasteiger partial charge in [-0.05, 0) is 54.1 Å². The number of benzene rings is 2. The molecule has 2 N–H and O–H groups in total. The third kappa shape index (κ3) is 4.12. The number of amides is 1. The highest BCUT2D eigenvalue weighted by molar-refractivity contribution is 6.30. The van der Waals surface area contributed by atoms with Crippen molar-refractivity contribution in [1.82, 2.24) is 4.98 Å². The van der Waals surface area contributed by atoms with Crippen molar-refractivity contribution in [1.29, 1.82) is 0 Å². The van der Waals surface area contributed by atoms with E-state index in [1.54, 1.807) is 42.6 Å². The van der Waals surface area contributed by atoms with Crippen LogP contribution in [0.2, 0.25) is 5.02 Å². The Labute approximate surface area is 161 Å². The van der Waals surface area contributed by atoms with E-state index in [0.29, 0.717) is 28.6 Å². The molecule has 6 nitrogen and oxygen atoms in total. The Bertz CT molecular complexity index is 976. The lowest BCUT2D eigenvalue weighted by Crippen LogP contribution is -2.12. The molecule has 27 heavy (non-hydrogen) atoms. The van der Waals surface area contributed by atoms with Crippen LogP contribution in [-0.2, 0) is 6.54 Å². The van der Waals surface area contributed by atoms with Crippen LogP contribution in [-0.4, -0.2) is 17.7 Å². The van der Waals surface area contributed by atoms with E-state index in [4.69, 9.17) is 21.1 Å². The Balaban J connectivity index is 1.41. The number of ether oxygens (including phenoxy) is 2. The zero-order chi connectivity index (χ0) is 18.6. The van der Waals surface area contributed by atoms with Crippen molar-refractivity contribution in [3.8, 4) is 11.5 Å². The van der Waals surface area contributed by atoms with Crippen LogP contribution >= 0.6 is 11.6 Å². The number of rotatable bonds is 5. The van der Waals surface area contributed by atoms with Gasteiger partial charge in [0.05, 0.1) is 0 Å². The molecule has 0 bridgehead atoms. The molecule has 4 rings (SSSR count). The maximum absolute atomic E-state index is 12.4. The molecule has 1 aromatic heterocycles. The summed E-state index contributed by atoms with van der Waals surface area (Å²) in [5, 5.41) is 6.66. The van der Waals surface area contributed by atoms with Gasteiger partial charge < -0.3 is 20.1 Å². The summed E-state index contributed by atoms with van der Waals surface area (Å²) in [6.07, 6.45) is 1.60. The van der Waals surface area contributed by atoms with Crippen LogP contribution in [0.5, 0.6) is 11.5 Å². The van der Waals surface area contributed by atoms with E-state index in [1.165, 1.54) is 0 Å². The fourth-order valence-corrected chi connectivity index (χ4v) is 2.77. The Kier molecular flexibility index (Phi) is 4.80. The largest absolute Gasteiger partial charge is 0.454 e. The first-order chi connectivity index (χ1) is 13.2. The lowest BCUT2D eigenvalue weighted by atomic mass is 10.2. The Morgan fingerprint density at radius 2 is 1.85 bits per heavy atom. The van der Waals surface area contributed by atoms with E-state index in [9.17, 15) is 4.79 Å². The molecule has 0 fully saturated rings. The van der Waals surface area contributed by atoms with Gasteiger partial charge in [-0.25, -0.2) is 4.98 Å². The number of pyridine rings is 1. The fourth-order valence-electron chi connectivity index (χ4n) is 2.65. The van der Waals surface area contributed by atoms with E-state index >= 15 is 0 Å². The van der Waals surface area contributed by atoms with Gasteiger partial charge in [-0.15, -0.1) is 0 Å². The molecule has 0 saturated heterocycles. The molecule has 0 saturated carbocycles. The van der Waals surface area contributed by atoms with E-state index in [2.05, 4.69) is 15.6 Å². The highest BCUT2D eigenvalue weighted by Crippen LogP contribution is 2.32. The first-order valence-corrected chi connectivity index (χ1v) is 8.70. The first kappa shape index (κ1) is 17.2. The summed E-state index contributed by atoms with van der Waals surface area (Å²) in [7, 11) is 0. The van der Waals surface area contributed by atoms with Crippen molar-refractivity contribution < 1.29 is 14.3 Å². The van der Waals surface area contributed by atoms with Crippen molar-refractivity contribution in [2.75, 3.05) is 17.4 Å². The molecule has 0 spiro atoms. The molecule has 1 aliphatic rings. The summed E-state index contributed by atoms with van der Waals surface area (Å²) in [4.78, 5) is 16.7. The monoisotopic (exact) mass is 381 g/mol. The topological polar surface area (TPSA) is 72.5 Å². The molecule has 2 aromatic carbocycles. The van der Waals surface area contributed by atoms with Crippen molar-refractivity contribution in [2.45, 2.75) is 6.54 Å². The van der Waals surface area contributed by atoms with Crippen molar-refractivity contribution in [3.05, 3.63) is 76.9 Å². The van der Waals surface area contributed by atoms with Crippen LogP contribution in [0.1, 0.15) is 15.9 Å². The minimum atomic E-state index is -0.217. The molecule has 2 heterocycles. The molecule has 0 radical (unpaired) electrons. The number of fused-ring (bicyclic) bond motifs is 1. The summed E-state index contributed by atoms with van der Waals surface area (Å²) in [5.74, 6) is 1.87. The minimum Gasteiger partial charge on any atom is -0.454 e. The number of carbonyl (C=O) groups is 1. The third-order valence-electron chi connectivity index (χ3n) is 4.03. The second-order valence-electron chi connectivity index (χ2n) is 5.93. The van der Waals surface area contributed by atoms with Crippen molar-refractivity contribution in [3.63, 3.8) is 0 Å². The fraction of sp³-hybridized carbons (Fsp3) is 0.100. The van der Waals surface area contributed by atoms with Crippen LogP contribution in [0, 0.1) is 0 Å². The van der Waals surface area contributed by atoms with Crippen molar-refractivity contribution in [2.24, 2.45) is 0 Å². The highest BCUT2D eigenvalue weighted by atomic mass is 35.5. The van der Waals surface area contributed by atoms with E-state index in [0.717, 1.165) is 17.1 Å². The van der Waals surface area contributed by atoms with Crippen LogP contribution < -0.4 is 20.1 Å². The molecule has 1 amide bonds. The molecule has 0 unspecified atom stereocenters. The number of halogens is 1. The van der Waals surface area contributed by atoms with Crippen LogP contribution in [0.3, 0.4) is 0 Å². The quantitative estimate of drug-likeness (QED) is 0.688. The number of aromatic nitrogens is 1. The van der Waals surface area contributed by atoms with E-state index < -0.39 is 0 Å². The van der Waals surface area contributed by atoms with Crippen LogP contribution in [0.25, 0.3) is 0 Å². The number of nitrogens with one attached hydrogen (secondary N) is 2. The van der Waals surface area contributed by atoms with Gasteiger partial charge in [-0.3, -0.25) is 4.79 Å². The van der Waals surface area contributed by atoms with Gasteiger partial charge in [0.1, 0.15) is 5.82 Å². The van der Waals surface area contributed by atoms with Gasteiger partial charge in [0.25, 0.3) is 5.91 Å². The maximum Gasteiger partial charge on any atom is 0.255 e. The standard InChI is InChI=1S/C20H16ClN3O3/c21-15-2-4-16(5-3-15)24-20(25)14-7-8-22-19(10-14)23-11-13-1-6-17-18(9-13)27-12-26-17/h1-10H,11-12H2,(H,22,23)(H,24,25). The van der Waals surface area contributed by atoms with Gasteiger partial charge in [0.15, 0.2) is 11.5 Å². The third-order valence-corrected chi connectivity index (χ3v) is 4.29. The van der Waals surface area contributed by atoms with Gasteiger partial charge >= 0.3 is 0 Å². The normalized spacial score (nSPS) is 11.9.